The monoisotopic (exact) mass is 358 g/mol. The van der Waals surface area contributed by atoms with E-state index in [9.17, 15) is 14.9 Å². The van der Waals surface area contributed by atoms with E-state index in [1.807, 2.05) is 17.5 Å². The van der Waals surface area contributed by atoms with Crippen LogP contribution in [0.3, 0.4) is 0 Å². The molecule has 0 saturated carbocycles. The van der Waals surface area contributed by atoms with Gasteiger partial charge in [0.25, 0.3) is 0 Å². The molecule has 0 atom stereocenters. The van der Waals surface area contributed by atoms with Crippen molar-refractivity contribution in [2.24, 2.45) is 5.10 Å². The normalized spacial score (nSPS) is 13.3. The number of hydrogen-bond acceptors (Lipinski definition) is 6. The molecule has 2 amide bonds. The Morgan fingerprint density at radius 1 is 1.29 bits per heavy atom. The Hall–Kier alpha value is -2.50. The van der Waals surface area contributed by atoms with Gasteiger partial charge in [-0.25, -0.2) is 5.43 Å². The highest BCUT2D eigenvalue weighted by molar-refractivity contribution is 7.16. The van der Waals surface area contributed by atoms with Crippen LogP contribution < -0.4 is 10.7 Å². The van der Waals surface area contributed by atoms with Crippen molar-refractivity contribution < 1.29 is 9.59 Å². The molecule has 1 aliphatic carbocycles. The predicted molar refractivity (Wildman–Crippen MR) is 94.4 cm³/mol. The van der Waals surface area contributed by atoms with Crippen molar-refractivity contribution in [3.63, 3.8) is 0 Å². The van der Waals surface area contributed by atoms with Crippen LogP contribution in [0.5, 0.6) is 0 Å². The van der Waals surface area contributed by atoms with Crippen molar-refractivity contribution in [1.29, 1.82) is 5.26 Å². The van der Waals surface area contributed by atoms with E-state index >= 15 is 0 Å². The summed E-state index contributed by atoms with van der Waals surface area (Å²) in [6, 6.07) is 5.85. The number of nitriles is 1. The van der Waals surface area contributed by atoms with E-state index in [-0.39, 0.29) is 0 Å². The number of hydrazone groups is 1. The molecule has 24 heavy (non-hydrogen) atoms. The van der Waals surface area contributed by atoms with Crippen molar-refractivity contribution in [1.82, 2.24) is 5.43 Å². The van der Waals surface area contributed by atoms with Gasteiger partial charge < -0.3 is 5.32 Å². The highest BCUT2D eigenvalue weighted by Crippen LogP contribution is 2.37. The maximum atomic E-state index is 12.0. The maximum absolute atomic E-state index is 12.0. The fourth-order valence-electron chi connectivity index (χ4n) is 2.50. The van der Waals surface area contributed by atoms with Gasteiger partial charge in [0, 0.05) is 9.75 Å². The minimum atomic E-state index is -0.863. The standard InChI is InChI=1S/C16H14N4O2S2/c17-8-12-11-5-1-2-6-13(11)24-16(12)19-14(21)15(22)20-18-9-10-4-3-7-23-10/h3-4,7,9H,1-2,5-6H2,(H,19,21)(H,20,22)/b18-9-. The fraction of sp³-hybridized carbons (Fsp3) is 0.250. The van der Waals surface area contributed by atoms with Gasteiger partial charge in [-0.05, 0) is 42.7 Å². The van der Waals surface area contributed by atoms with Gasteiger partial charge in [0.05, 0.1) is 11.8 Å². The number of carbonyl (C=O) groups is 2. The molecular weight excluding hydrogens is 344 g/mol. The summed E-state index contributed by atoms with van der Waals surface area (Å²) in [5.41, 5.74) is 3.69. The van der Waals surface area contributed by atoms with Crippen molar-refractivity contribution in [3.8, 4) is 6.07 Å². The molecule has 0 saturated heterocycles. The summed E-state index contributed by atoms with van der Waals surface area (Å²) in [7, 11) is 0. The summed E-state index contributed by atoms with van der Waals surface area (Å²) in [4.78, 5) is 25.8. The summed E-state index contributed by atoms with van der Waals surface area (Å²) in [5.74, 6) is -1.69. The zero-order chi connectivity index (χ0) is 16.9. The van der Waals surface area contributed by atoms with E-state index in [1.165, 1.54) is 28.9 Å². The molecular formula is C16H14N4O2S2. The van der Waals surface area contributed by atoms with Crippen molar-refractivity contribution in [3.05, 3.63) is 38.4 Å². The van der Waals surface area contributed by atoms with E-state index in [0.29, 0.717) is 10.6 Å². The molecule has 0 aromatic carbocycles. The first-order valence-electron chi connectivity index (χ1n) is 7.41. The number of nitrogens with zero attached hydrogens (tertiary/aromatic N) is 2. The van der Waals surface area contributed by atoms with Gasteiger partial charge in [0.15, 0.2) is 0 Å². The van der Waals surface area contributed by atoms with Gasteiger partial charge >= 0.3 is 11.8 Å². The van der Waals surface area contributed by atoms with E-state index in [0.717, 1.165) is 41.0 Å². The van der Waals surface area contributed by atoms with Crippen LogP contribution in [0.4, 0.5) is 5.00 Å². The zero-order valence-electron chi connectivity index (χ0n) is 12.7. The minimum Gasteiger partial charge on any atom is -0.308 e. The van der Waals surface area contributed by atoms with Crippen LogP contribution in [-0.2, 0) is 22.4 Å². The van der Waals surface area contributed by atoms with Crippen molar-refractivity contribution >= 4 is 45.7 Å². The predicted octanol–water partition coefficient (Wildman–Crippen LogP) is 2.65. The number of anilines is 1. The van der Waals surface area contributed by atoms with Crippen molar-refractivity contribution in [2.75, 3.05) is 5.32 Å². The Balaban J connectivity index is 1.65. The lowest BCUT2D eigenvalue weighted by atomic mass is 9.96. The molecule has 122 valence electrons. The lowest BCUT2D eigenvalue weighted by molar-refractivity contribution is -0.136. The van der Waals surface area contributed by atoms with Gasteiger partial charge in [0.2, 0.25) is 0 Å². The second-order valence-corrected chi connectivity index (χ2v) is 7.28. The van der Waals surface area contributed by atoms with Crippen LogP contribution in [0.1, 0.15) is 33.7 Å². The molecule has 3 rings (SSSR count). The third-order valence-electron chi connectivity index (χ3n) is 3.62. The topological polar surface area (TPSA) is 94.4 Å². The summed E-state index contributed by atoms with van der Waals surface area (Å²) in [5, 5.41) is 18.0. The van der Waals surface area contributed by atoms with E-state index < -0.39 is 11.8 Å². The largest absolute Gasteiger partial charge is 0.329 e. The molecule has 0 fully saturated rings. The molecule has 6 nitrogen and oxygen atoms in total. The number of rotatable bonds is 3. The quantitative estimate of drug-likeness (QED) is 0.502. The molecule has 2 aromatic rings. The first-order valence-corrected chi connectivity index (χ1v) is 9.11. The molecule has 0 bridgehead atoms. The van der Waals surface area contributed by atoms with Gasteiger partial charge in [0.1, 0.15) is 11.1 Å². The van der Waals surface area contributed by atoms with E-state index in [1.54, 1.807) is 0 Å². The van der Waals surface area contributed by atoms with Gasteiger partial charge in [-0.1, -0.05) is 6.07 Å². The van der Waals surface area contributed by atoms with Crippen LogP contribution in [0.25, 0.3) is 0 Å². The molecule has 8 heteroatoms. The van der Waals surface area contributed by atoms with E-state index in [4.69, 9.17) is 0 Å². The number of nitrogens with one attached hydrogen (secondary N) is 2. The molecule has 1 aliphatic rings. The Bertz CT molecular complexity index is 831. The molecule has 0 spiro atoms. The Kier molecular flexibility index (Phi) is 5.03. The summed E-state index contributed by atoms with van der Waals surface area (Å²) >= 11 is 2.85. The van der Waals surface area contributed by atoms with E-state index in [2.05, 4.69) is 21.9 Å². The number of aryl methyl sites for hydroxylation is 1. The molecule has 0 unspecified atom stereocenters. The molecule has 2 aromatic heterocycles. The molecule has 2 heterocycles. The number of thiophene rings is 2. The summed E-state index contributed by atoms with van der Waals surface area (Å²) in [6.45, 7) is 0. The third kappa shape index (κ3) is 3.53. The Labute approximate surface area is 146 Å². The van der Waals surface area contributed by atoms with Crippen LogP contribution in [-0.4, -0.2) is 18.0 Å². The second kappa shape index (κ2) is 7.38. The Morgan fingerprint density at radius 2 is 2.12 bits per heavy atom. The average Bonchev–Trinajstić information content (AvgIpc) is 3.21. The zero-order valence-corrected chi connectivity index (χ0v) is 14.3. The summed E-state index contributed by atoms with van der Waals surface area (Å²) < 4.78 is 0. The lowest BCUT2D eigenvalue weighted by Gasteiger charge is -2.09. The van der Waals surface area contributed by atoms with Crippen LogP contribution in [0, 0.1) is 11.3 Å². The number of amides is 2. The van der Waals surface area contributed by atoms with Crippen LogP contribution in [0.15, 0.2) is 22.6 Å². The molecule has 0 aliphatic heterocycles. The molecule has 0 radical (unpaired) electrons. The number of hydrogen-bond donors (Lipinski definition) is 2. The number of carbonyl (C=O) groups excluding carboxylic acids is 2. The van der Waals surface area contributed by atoms with Gasteiger partial charge in [-0.15, -0.1) is 22.7 Å². The number of fused-ring (bicyclic) bond motifs is 1. The Morgan fingerprint density at radius 3 is 2.88 bits per heavy atom. The second-order valence-electron chi connectivity index (χ2n) is 5.20. The fourth-order valence-corrected chi connectivity index (χ4v) is 4.32. The van der Waals surface area contributed by atoms with Gasteiger partial charge in [-0.2, -0.15) is 10.4 Å². The van der Waals surface area contributed by atoms with Gasteiger partial charge in [-0.3, -0.25) is 9.59 Å². The minimum absolute atomic E-state index is 0.451. The van der Waals surface area contributed by atoms with Crippen molar-refractivity contribution in [2.45, 2.75) is 25.7 Å². The third-order valence-corrected chi connectivity index (χ3v) is 5.63. The lowest BCUT2D eigenvalue weighted by Crippen LogP contribution is -2.32. The van der Waals surface area contributed by atoms with Crippen LogP contribution >= 0.6 is 22.7 Å². The SMILES string of the molecule is N#Cc1c(NC(=O)C(=O)N/N=C\c2cccs2)sc2c1CCCC2. The highest BCUT2D eigenvalue weighted by atomic mass is 32.1. The molecule has 2 N–H and O–H groups in total. The highest BCUT2D eigenvalue weighted by Gasteiger charge is 2.23. The average molecular weight is 358 g/mol. The first kappa shape index (κ1) is 16.4. The van der Waals surface area contributed by atoms with Crippen LogP contribution in [0.2, 0.25) is 0 Å². The summed E-state index contributed by atoms with van der Waals surface area (Å²) in [6.07, 6.45) is 5.37. The maximum Gasteiger partial charge on any atom is 0.329 e. The first-order chi connectivity index (χ1) is 11.7. The smallest absolute Gasteiger partial charge is 0.308 e.